The molecule has 0 bridgehead atoms. The quantitative estimate of drug-likeness (QED) is 0.928. The first kappa shape index (κ1) is 14.8. The van der Waals surface area contributed by atoms with Crippen LogP contribution in [0.4, 0.5) is 13.2 Å². The molecule has 1 aliphatic carbocycles. The van der Waals surface area contributed by atoms with Crippen LogP contribution in [0.2, 0.25) is 0 Å². The van der Waals surface area contributed by atoms with Crippen molar-refractivity contribution in [3.63, 3.8) is 0 Å². The minimum Gasteiger partial charge on any atom is -0.352 e. The van der Waals surface area contributed by atoms with E-state index in [4.69, 9.17) is 0 Å². The van der Waals surface area contributed by atoms with Crippen LogP contribution in [0.25, 0.3) is 0 Å². The van der Waals surface area contributed by atoms with Crippen LogP contribution in [0.15, 0.2) is 24.5 Å². The second-order valence-corrected chi connectivity index (χ2v) is 5.11. The summed E-state index contributed by atoms with van der Waals surface area (Å²) in [5, 5.41) is 2.60. The molecule has 1 N–H and O–H groups in total. The molecule has 0 spiro atoms. The van der Waals surface area contributed by atoms with Gasteiger partial charge >= 0.3 is 6.18 Å². The van der Waals surface area contributed by atoms with E-state index < -0.39 is 23.9 Å². The Kier molecular flexibility index (Phi) is 4.62. The van der Waals surface area contributed by atoms with Gasteiger partial charge in [0, 0.05) is 24.9 Å². The molecule has 0 unspecified atom stereocenters. The van der Waals surface area contributed by atoms with E-state index in [-0.39, 0.29) is 13.0 Å². The van der Waals surface area contributed by atoms with Crippen LogP contribution in [0.3, 0.4) is 0 Å². The van der Waals surface area contributed by atoms with Crippen molar-refractivity contribution < 1.29 is 18.0 Å². The molecule has 20 heavy (non-hydrogen) atoms. The number of carbonyl (C=O) groups is 1. The third-order valence-electron chi connectivity index (χ3n) is 3.74. The van der Waals surface area contributed by atoms with Crippen molar-refractivity contribution in [1.29, 1.82) is 0 Å². The Labute approximate surface area is 115 Å². The lowest BCUT2D eigenvalue weighted by atomic mass is 9.78. The summed E-state index contributed by atoms with van der Waals surface area (Å²) in [7, 11) is 0. The van der Waals surface area contributed by atoms with Gasteiger partial charge < -0.3 is 5.32 Å². The summed E-state index contributed by atoms with van der Waals surface area (Å²) in [4.78, 5) is 15.8. The van der Waals surface area contributed by atoms with E-state index in [2.05, 4.69) is 10.3 Å². The van der Waals surface area contributed by atoms with E-state index in [9.17, 15) is 18.0 Å². The van der Waals surface area contributed by atoms with Crippen molar-refractivity contribution in [3.05, 3.63) is 30.1 Å². The normalized spacial score (nSPS) is 23.4. The molecule has 2 rings (SSSR count). The van der Waals surface area contributed by atoms with Crippen LogP contribution in [0, 0.1) is 11.8 Å². The molecule has 0 aromatic carbocycles. The lowest BCUT2D eigenvalue weighted by Crippen LogP contribution is -2.42. The van der Waals surface area contributed by atoms with Gasteiger partial charge in [0.2, 0.25) is 5.91 Å². The molecule has 1 saturated carbocycles. The van der Waals surface area contributed by atoms with Crippen LogP contribution >= 0.6 is 0 Å². The van der Waals surface area contributed by atoms with Gasteiger partial charge in [-0.2, -0.15) is 13.2 Å². The van der Waals surface area contributed by atoms with E-state index in [1.54, 1.807) is 24.5 Å². The molecular weight excluding hydrogens is 269 g/mol. The zero-order valence-electron chi connectivity index (χ0n) is 11.0. The monoisotopic (exact) mass is 286 g/mol. The number of hydrogen-bond acceptors (Lipinski definition) is 2. The van der Waals surface area contributed by atoms with Gasteiger partial charge in [-0.3, -0.25) is 9.78 Å². The maximum atomic E-state index is 12.9. The van der Waals surface area contributed by atoms with Crippen molar-refractivity contribution in [2.24, 2.45) is 11.8 Å². The molecule has 1 aromatic rings. The molecular formula is C14H17F3N2O. The number of nitrogens with one attached hydrogen (secondary N) is 1. The lowest BCUT2D eigenvalue weighted by Gasteiger charge is -2.32. The smallest absolute Gasteiger partial charge is 0.352 e. The van der Waals surface area contributed by atoms with Gasteiger partial charge in [0.15, 0.2) is 0 Å². The molecule has 2 atom stereocenters. The number of amides is 1. The summed E-state index contributed by atoms with van der Waals surface area (Å²) in [6.45, 7) is 0.239. The molecule has 0 saturated heterocycles. The fraction of sp³-hybridized carbons (Fsp3) is 0.571. The van der Waals surface area contributed by atoms with E-state index in [1.807, 2.05) is 0 Å². The van der Waals surface area contributed by atoms with Crippen molar-refractivity contribution in [2.45, 2.75) is 38.4 Å². The highest BCUT2D eigenvalue weighted by Crippen LogP contribution is 2.41. The summed E-state index contributed by atoms with van der Waals surface area (Å²) >= 11 is 0. The summed E-state index contributed by atoms with van der Waals surface area (Å²) in [6.07, 6.45) is 0.460. The number of nitrogens with zero attached hydrogens (tertiary/aromatic N) is 1. The average molecular weight is 286 g/mol. The van der Waals surface area contributed by atoms with Crippen LogP contribution in [0.1, 0.15) is 31.2 Å². The lowest BCUT2D eigenvalue weighted by molar-refractivity contribution is -0.198. The van der Waals surface area contributed by atoms with E-state index >= 15 is 0 Å². The second-order valence-electron chi connectivity index (χ2n) is 5.11. The maximum absolute atomic E-state index is 12.9. The van der Waals surface area contributed by atoms with Crippen molar-refractivity contribution in [1.82, 2.24) is 10.3 Å². The first-order chi connectivity index (χ1) is 9.48. The Morgan fingerprint density at radius 1 is 1.25 bits per heavy atom. The van der Waals surface area contributed by atoms with Crippen LogP contribution in [-0.2, 0) is 11.3 Å². The van der Waals surface area contributed by atoms with E-state index in [0.29, 0.717) is 19.3 Å². The Morgan fingerprint density at radius 2 is 1.90 bits per heavy atom. The fourth-order valence-electron chi connectivity index (χ4n) is 2.66. The van der Waals surface area contributed by atoms with Gasteiger partial charge in [0.1, 0.15) is 0 Å². The number of aromatic nitrogens is 1. The SMILES string of the molecule is O=C(NCc1ccncc1)[C@H]1CCCC[C@H]1C(F)(F)F. The zero-order valence-corrected chi connectivity index (χ0v) is 11.0. The molecule has 1 aromatic heterocycles. The van der Waals surface area contributed by atoms with Gasteiger partial charge in [0.05, 0.1) is 5.92 Å². The number of halogens is 3. The Balaban J connectivity index is 1.96. The fourth-order valence-corrected chi connectivity index (χ4v) is 2.66. The van der Waals surface area contributed by atoms with Crippen molar-refractivity contribution in [3.8, 4) is 0 Å². The predicted molar refractivity (Wildman–Crippen MR) is 67.6 cm³/mol. The number of rotatable bonds is 3. The second kappa shape index (κ2) is 6.24. The van der Waals surface area contributed by atoms with Gasteiger partial charge in [-0.15, -0.1) is 0 Å². The van der Waals surface area contributed by atoms with Crippen molar-refractivity contribution >= 4 is 5.91 Å². The first-order valence-corrected chi connectivity index (χ1v) is 6.72. The number of hydrogen-bond donors (Lipinski definition) is 1. The molecule has 6 heteroatoms. The maximum Gasteiger partial charge on any atom is 0.392 e. The van der Waals surface area contributed by atoms with Gasteiger partial charge in [0.25, 0.3) is 0 Å². The number of alkyl halides is 3. The Bertz CT molecular complexity index is 447. The molecule has 1 fully saturated rings. The third kappa shape index (κ3) is 3.71. The average Bonchev–Trinajstić information content (AvgIpc) is 2.45. The molecule has 110 valence electrons. The number of pyridine rings is 1. The minimum atomic E-state index is -4.29. The predicted octanol–water partition coefficient (Wildman–Crippen LogP) is 3.07. The molecule has 1 heterocycles. The molecule has 0 radical (unpaired) electrons. The zero-order chi connectivity index (χ0) is 14.6. The van der Waals surface area contributed by atoms with Gasteiger partial charge in [-0.1, -0.05) is 12.8 Å². The Hall–Kier alpha value is -1.59. The molecule has 1 amide bonds. The van der Waals surface area contributed by atoms with E-state index in [0.717, 1.165) is 5.56 Å². The topological polar surface area (TPSA) is 42.0 Å². The first-order valence-electron chi connectivity index (χ1n) is 6.72. The van der Waals surface area contributed by atoms with Crippen LogP contribution in [-0.4, -0.2) is 17.1 Å². The van der Waals surface area contributed by atoms with Crippen LogP contribution in [0.5, 0.6) is 0 Å². The largest absolute Gasteiger partial charge is 0.392 e. The standard InChI is InChI=1S/C14H17F3N2O/c15-14(16,17)12-4-2-1-3-11(12)13(20)19-9-10-5-7-18-8-6-10/h5-8,11-12H,1-4,9H2,(H,19,20)/t11-,12+/m0/s1. The van der Waals surface area contributed by atoms with Gasteiger partial charge in [-0.05, 0) is 30.5 Å². The van der Waals surface area contributed by atoms with Gasteiger partial charge in [-0.25, -0.2) is 0 Å². The highest BCUT2D eigenvalue weighted by molar-refractivity contribution is 5.79. The third-order valence-corrected chi connectivity index (χ3v) is 3.74. The molecule has 0 aliphatic heterocycles. The summed E-state index contributed by atoms with van der Waals surface area (Å²) in [5.41, 5.74) is 0.827. The van der Waals surface area contributed by atoms with Crippen LogP contribution < -0.4 is 5.32 Å². The minimum absolute atomic E-state index is 0.0524. The summed E-state index contributed by atoms with van der Waals surface area (Å²) in [5.74, 6) is -2.96. The Morgan fingerprint density at radius 3 is 2.55 bits per heavy atom. The van der Waals surface area contributed by atoms with E-state index in [1.165, 1.54) is 0 Å². The highest BCUT2D eigenvalue weighted by atomic mass is 19.4. The highest BCUT2D eigenvalue weighted by Gasteiger charge is 2.47. The summed E-state index contributed by atoms with van der Waals surface area (Å²) in [6, 6.07) is 3.45. The molecule has 3 nitrogen and oxygen atoms in total. The molecule has 1 aliphatic rings. The van der Waals surface area contributed by atoms with Crippen molar-refractivity contribution in [2.75, 3.05) is 0 Å². The number of carbonyl (C=O) groups excluding carboxylic acids is 1. The summed E-state index contributed by atoms with van der Waals surface area (Å²) < 4.78 is 38.8.